The van der Waals surface area contributed by atoms with Crippen LogP contribution in [0.5, 0.6) is 0 Å². The van der Waals surface area contributed by atoms with Gasteiger partial charge in [0.2, 0.25) is 10.2 Å². The number of hydrogen-bond donors (Lipinski definition) is 0. The van der Waals surface area contributed by atoms with E-state index in [4.69, 9.17) is 0 Å². The first-order chi connectivity index (χ1) is 15.6. The van der Waals surface area contributed by atoms with Gasteiger partial charge >= 0.3 is 0 Å². The Morgan fingerprint density at radius 2 is 1.28 bits per heavy atom. The average molecular weight is 581 g/mol. The Morgan fingerprint density at radius 3 is 1.69 bits per heavy atom. The number of thioether (sulfide) groups is 8. The summed E-state index contributed by atoms with van der Waals surface area (Å²) >= 11 is 14.7. The summed E-state index contributed by atoms with van der Waals surface area (Å²) in [5, 5.41) is 6.10. The first kappa shape index (κ1) is 27.7. The molecule has 2 nitrogen and oxygen atoms in total. The van der Waals surface area contributed by atoms with E-state index in [1.807, 2.05) is 47.0 Å². The van der Waals surface area contributed by atoms with Crippen LogP contribution in [0.3, 0.4) is 0 Å². The molecule has 0 radical (unpaired) electrons. The molecular formula is C22H28O2S8. The van der Waals surface area contributed by atoms with Crippen LogP contribution >= 0.6 is 94.1 Å². The van der Waals surface area contributed by atoms with Crippen LogP contribution in [0.25, 0.3) is 0 Å². The molecule has 1 fully saturated rings. The van der Waals surface area contributed by atoms with E-state index in [0.717, 1.165) is 22.0 Å². The summed E-state index contributed by atoms with van der Waals surface area (Å²) < 4.78 is 1.15. The maximum Gasteiger partial charge on any atom is 0.211 e. The molecule has 3 aliphatic rings. The van der Waals surface area contributed by atoms with Crippen molar-refractivity contribution in [3.05, 3.63) is 45.9 Å². The molecule has 0 aromatic rings. The zero-order valence-corrected chi connectivity index (χ0v) is 24.3. The van der Waals surface area contributed by atoms with Gasteiger partial charge in [-0.1, -0.05) is 49.5 Å². The summed E-state index contributed by atoms with van der Waals surface area (Å²) in [6, 6.07) is 0. The van der Waals surface area contributed by atoms with Crippen LogP contribution in [0.1, 0.15) is 25.7 Å². The highest BCUT2D eigenvalue weighted by Crippen LogP contribution is 2.47. The van der Waals surface area contributed by atoms with Crippen molar-refractivity contribution >= 4 is 104 Å². The molecule has 1 aliphatic carbocycles. The topological polar surface area (TPSA) is 34.1 Å². The third kappa shape index (κ3) is 9.63. The van der Waals surface area contributed by atoms with Gasteiger partial charge < -0.3 is 0 Å². The van der Waals surface area contributed by atoms with Crippen molar-refractivity contribution in [3.8, 4) is 0 Å². The van der Waals surface area contributed by atoms with Crippen molar-refractivity contribution in [1.29, 1.82) is 0 Å². The Morgan fingerprint density at radius 1 is 0.844 bits per heavy atom. The largest absolute Gasteiger partial charge is 0.282 e. The molecule has 10 heteroatoms. The third-order valence-corrected chi connectivity index (χ3v) is 16.4. The summed E-state index contributed by atoms with van der Waals surface area (Å²) in [5.41, 5.74) is 0. The second-order valence-corrected chi connectivity index (χ2v) is 17.1. The normalized spacial score (nSPS) is 27.6. The van der Waals surface area contributed by atoms with Crippen molar-refractivity contribution in [1.82, 2.24) is 0 Å². The highest BCUT2D eigenvalue weighted by Gasteiger charge is 2.30. The lowest BCUT2D eigenvalue weighted by Gasteiger charge is -2.31. The fraction of sp³-hybridized carbons (Fsp3) is 0.545. The van der Waals surface area contributed by atoms with E-state index in [1.54, 1.807) is 0 Å². The summed E-state index contributed by atoms with van der Waals surface area (Å²) in [5.74, 6) is 3.89. The fourth-order valence-corrected chi connectivity index (χ4v) is 13.9. The van der Waals surface area contributed by atoms with Gasteiger partial charge in [0.15, 0.2) is 0 Å². The predicted molar refractivity (Wildman–Crippen MR) is 160 cm³/mol. The molecule has 4 unspecified atom stereocenters. The van der Waals surface area contributed by atoms with Gasteiger partial charge in [-0.05, 0) is 35.8 Å². The number of hydrogen-bond acceptors (Lipinski definition) is 10. The summed E-state index contributed by atoms with van der Waals surface area (Å²) in [6.07, 6.45) is 8.18. The van der Waals surface area contributed by atoms with Crippen molar-refractivity contribution in [2.75, 3.05) is 23.0 Å². The van der Waals surface area contributed by atoms with E-state index in [-0.39, 0.29) is 10.2 Å². The highest BCUT2D eigenvalue weighted by molar-refractivity contribution is 8.25. The molecule has 1 saturated carbocycles. The van der Waals surface area contributed by atoms with Gasteiger partial charge in [0.05, 0.1) is 9.16 Å². The molecule has 3 rings (SSSR count). The van der Waals surface area contributed by atoms with Crippen molar-refractivity contribution in [2.24, 2.45) is 0 Å². The van der Waals surface area contributed by atoms with Crippen molar-refractivity contribution in [2.45, 2.75) is 45.3 Å². The van der Waals surface area contributed by atoms with Crippen LogP contribution in [-0.4, -0.2) is 52.9 Å². The van der Waals surface area contributed by atoms with Gasteiger partial charge in [-0.15, -0.1) is 47.0 Å². The average Bonchev–Trinajstić information content (AvgIpc) is 3.48. The van der Waals surface area contributed by atoms with Crippen LogP contribution in [0, 0.1) is 0 Å². The van der Waals surface area contributed by atoms with Gasteiger partial charge in [-0.2, -0.15) is 23.5 Å². The molecule has 32 heavy (non-hydrogen) atoms. The van der Waals surface area contributed by atoms with E-state index in [9.17, 15) is 9.59 Å². The van der Waals surface area contributed by atoms with E-state index < -0.39 is 0 Å². The second-order valence-electron chi connectivity index (χ2n) is 7.19. The fourth-order valence-electron chi connectivity index (χ4n) is 3.29. The van der Waals surface area contributed by atoms with E-state index in [1.165, 1.54) is 82.7 Å². The maximum absolute atomic E-state index is 11.4. The van der Waals surface area contributed by atoms with Crippen LogP contribution in [0.15, 0.2) is 45.9 Å². The van der Waals surface area contributed by atoms with Crippen LogP contribution in [0.4, 0.5) is 0 Å². The van der Waals surface area contributed by atoms with Gasteiger partial charge in [-0.3, -0.25) is 9.59 Å². The molecule has 0 aromatic carbocycles. The van der Waals surface area contributed by atoms with E-state index >= 15 is 0 Å². The maximum atomic E-state index is 11.4. The van der Waals surface area contributed by atoms with E-state index in [2.05, 4.69) is 47.5 Å². The predicted octanol–water partition coefficient (Wildman–Crippen LogP) is 7.95. The minimum absolute atomic E-state index is 0.0568. The Labute approximate surface area is 226 Å². The highest BCUT2D eigenvalue weighted by atomic mass is 32.2. The standard InChI is InChI=1S/C22H28O2S8/c1-3-19(23)27-9-15-11-29-21(31-15)13-25-17-7-5-6-8-18(17)26-14-22-30-12-16(32-22)10-28-20(24)4-2/h3-4,11-12,17-18,21-22H,1-2,5-10,13-14H2. The Bertz CT molecular complexity index is 688. The van der Waals surface area contributed by atoms with Gasteiger partial charge in [0, 0.05) is 43.3 Å². The molecule has 2 heterocycles. The van der Waals surface area contributed by atoms with Crippen LogP contribution in [-0.2, 0) is 9.59 Å². The molecule has 0 N–H and O–H groups in total. The second kappa shape index (κ2) is 15.3. The molecule has 0 aromatic heterocycles. The Balaban J connectivity index is 1.34. The first-order valence-corrected chi connectivity index (χ1v) is 18.1. The lowest BCUT2D eigenvalue weighted by molar-refractivity contribution is -0.107. The quantitative estimate of drug-likeness (QED) is 0.212. The monoisotopic (exact) mass is 580 g/mol. The van der Waals surface area contributed by atoms with Crippen molar-refractivity contribution < 1.29 is 9.59 Å². The number of carbonyl (C=O) groups is 2. The first-order valence-electron chi connectivity index (χ1n) is 10.4. The van der Waals surface area contributed by atoms with E-state index in [0.29, 0.717) is 9.16 Å². The zero-order chi connectivity index (χ0) is 22.8. The molecule has 4 atom stereocenters. The number of carbonyl (C=O) groups excluding carboxylic acids is 2. The minimum atomic E-state index is 0.0568. The molecule has 2 aliphatic heterocycles. The molecular weight excluding hydrogens is 553 g/mol. The van der Waals surface area contributed by atoms with Crippen LogP contribution in [0.2, 0.25) is 0 Å². The molecule has 0 bridgehead atoms. The lowest BCUT2D eigenvalue weighted by atomic mass is 10.00. The number of rotatable bonds is 12. The van der Waals surface area contributed by atoms with Crippen LogP contribution < -0.4 is 0 Å². The Kier molecular flexibility index (Phi) is 13.2. The Hall–Kier alpha value is 1.10. The molecule has 0 spiro atoms. The van der Waals surface area contributed by atoms with Gasteiger partial charge in [0.25, 0.3) is 0 Å². The molecule has 0 saturated heterocycles. The third-order valence-electron chi connectivity index (χ3n) is 4.85. The smallest absolute Gasteiger partial charge is 0.211 e. The van der Waals surface area contributed by atoms with Gasteiger partial charge in [0.1, 0.15) is 0 Å². The molecule has 0 amide bonds. The molecule has 176 valence electrons. The van der Waals surface area contributed by atoms with Gasteiger partial charge in [-0.25, -0.2) is 0 Å². The summed E-state index contributed by atoms with van der Waals surface area (Å²) in [6.45, 7) is 7.08. The van der Waals surface area contributed by atoms with Crippen molar-refractivity contribution in [3.63, 3.8) is 0 Å². The SMILES string of the molecule is C=CC(=O)SCC1=CSC(CSC2CCCCC2SCC2SC=C(CSC(=O)C=C)S2)S1. The summed E-state index contributed by atoms with van der Waals surface area (Å²) in [7, 11) is 0. The zero-order valence-electron chi connectivity index (χ0n) is 17.8. The minimum Gasteiger partial charge on any atom is -0.282 e. The lowest BCUT2D eigenvalue weighted by Crippen LogP contribution is -2.26. The summed E-state index contributed by atoms with van der Waals surface area (Å²) in [4.78, 5) is 25.5.